The average molecular weight is 281 g/mol. The second-order valence-electron chi connectivity index (χ2n) is 5.80. The summed E-state index contributed by atoms with van der Waals surface area (Å²) >= 11 is 0. The van der Waals surface area contributed by atoms with Crippen LogP contribution < -0.4 is 0 Å². The standard InChI is InChI=1S/C15H27N3O2/c1-14(2)4-7-16-5-3-6-17(9-8-16)15(19)18-10-12-20-13-11-18/h4H,3,5-13H2,1-2H3. The Hall–Kier alpha value is -1.07. The molecule has 0 atom stereocenters. The molecular weight excluding hydrogens is 254 g/mol. The number of morpholine rings is 1. The molecular formula is C15H27N3O2. The summed E-state index contributed by atoms with van der Waals surface area (Å²) in [6, 6.07) is 0.192. The molecule has 2 aliphatic rings. The van der Waals surface area contributed by atoms with Gasteiger partial charge in [0.2, 0.25) is 0 Å². The van der Waals surface area contributed by atoms with Crippen molar-refractivity contribution in [1.29, 1.82) is 0 Å². The summed E-state index contributed by atoms with van der Waals surface area (Å²) in [5.74, 6) is 0. The van der Waals surface area contributed by atoms with Crippen LogP contribution in [0.3, 0.4) is 0 Å². The highest BCUT2D eigenvalue weighted by molar-refractivity contribution is 5.74. The van der Waals surface area contributed by atoms with E-state index in [2.05, 4.69) is 24.8 Å². The number of amides is 2. The van der Waals surface area contributed by atoms with Gasteiger partial charge in [0.05, 0.1) is 13.2 Å². The molecule has 2 heterocycles. The Kier molecular flexibility index (Phi) is 5.86. The van der Waals surface area contributed by atoms with Crippen LogP contribution in [-0.2, 0) is 4.74 Å². The van der Waals surface area contributed by atoms with E-state index in [-0.39, 0.29) is 6.03 Å². The highest BCUT2D eigenvalue weighted by Crippen LogP contribution is 2.08. The molecule has 2 amide bonds. The first kappa shape index (κ1) is 15.3. The first-order valence-electron chi connectivity index (χ1n) is 7.64. The minimum Gasteiger partial charge on any atom is -0.378 e. The highest BCUT2D eigenvalue weighted by Gasteiger charge is 2.24. The molecule has 2 saturated heterocycles. The van der Waals surface area contributed by atoms with E-state index in [4.69, 9.17) is 4.74 Å². The average Bonchev–Trinajstić information content (AvgIpc) is 2.71. The number of ether oxygens (including phenoxy) is 1. The van der Waals surface area contributed by atoms with Crippen molar-refractivity contribution >= 4 is 6.03 Å². The van der Waals surface area contributed by atoms with Gasteiger partial charge in [0.1, 0.15) is 0 Å². The molecule has 20 heavy (non-hydrogen) atoms. The second-order valence-corrected chi connectivity index (χ2v) is 5.80. The van der Waals surface area contributed by atoms with Crippen molar-refractivity contribution in [3.8, 4) is 0 Å². The Bertz CT molecular complexity index is 347. The lowest BCUT2D eigenvalue weighted by molar-refractivity contribution is 0.0436. The molecule has 0 aromatic carbocycles. The molecule has 0 N–H and O–H groups in total. The summed E-state index contributed by atoms with van der Waals surface area (Å²) in [6.45, 7) is 11.8. The van der Waals surface area contributed by atoms with E-state index in [0.29, 0.717) is 13.2 Å². The molecule has 114 valence electrons. The van der Waals surface area contributed by atoms with Crippen molar-refractivity contribution in [2.45, 2.75) is 20.3 Å². The van der Waals surface area contributed by atoms with Gasteiger partial charge in [-0.15, -0.1) is 0 Å². The highest BCUT2D eigenvalue weighted by atomic mass is 16.5. The predicted octanol–water partition coefficient (Wildman–Crippen LogP) is 1.41. The van der Waals surface area contributed by atoms with Gasteiger partial charge in [0.15, 0.2) is 0 Å². The Labute approximate surface area is 122 Å². The maximum absolute atomic E-state index is 12.4. The van der Waals surface area contributed by atoms with Crippen LogP contribution in [0.4, 0.5) is 4.79 Å². The van der Waals surface area contributed by atoms with Gasteiger partial charge < -0.3 is 14.5 Å². The lowest BCUT2D eigenvalue weighted by atomic mass is 10.3. The summed E-state index contributed by atoms with van der Waals surface area (Å²) in [4.78, 5) is 18.8. The van der Waals surface area contributed by atoms with Crippen LogP contribution in [0.1, 0.15) is 20.3 Å². The number of allylic oxidation sites excluding steroid dienone is 1. The summed E-state index contributed by atoms with van der Waals surface area (Å²) < 4.78 is 5.31. The predicted molar refractivity (Wildman–Crippen MR) is 79.8 cm³/mol. The number of carbonyl (C=O) groups is 1. The maximum Gasteiger partial charge on any atom is 0.320 e. The van der Waals surface area contributed by atoms with Gasteiger partial charge in [-0.2, -0.15) is 0 Å². The number of nitrogens with zero attached hydrogens (tertiary/aromatic N) is 3. The molecule has 0 bridgehead atoms. The zero-order valence-corrected chi connectivity index (χ0v) is 12.8. The van der Waals surface area contributed by atoms with Crippen molar-refractivity contribution in [2.75, 3.05) is 59.0 Å². The fourth-order valence-corrected chi connectivity index (χ4v) is 2.61. The maximum atomic E-state index is 12.4. The lowest BCUT2D eigenvalue weighted by Gasteiger charge is -2.32. The molecule has 2 fully saturated rings. The fraction of sp³-hybridized carbons (Fsp3) is 0.800. The summed E-state index contributed by atoms with van der Waals surface area (Å²) in [7, 11) is 0. The zero-order chi connectivity index (χ0) is 14.4. The minimum absolute atomic E-state index is 0.192. The largest absolute Gasteiger partial charge is 0.378 e. The molecule has 5 nitrogen and oxygen atoms in total. The number of rotatable bonds is 2. The van der Waals surface area contributed by atoms with Crippen molar-refractivity contribution < 1.29 is 9.53 Å². The van der Waals surface area contributed by atoms with Crippen LogP contribution >= 0.6 is 0 Å². The SMILES string of the molecule is CC(C)=CCN1CCCN(C(=O)N2CCOCC2)CC1. The number of hydrogen-bond acceptors (Lipinski definition) is 3. The molecule has 0 spiro atoms. The van der Waals surface area contributed by atoms with Crippen LogP contribution in [0.5, 0.6) is 0 Å². The molecule has 0 radical (unpaired) electrons. The first-order chi connectivity index (χ1) is 9.66. The van der Waals surface area contributed by atoms with Gasteiger partial charge >= 0.3 is 6.03 Å². The third kappa shape index (κ3) is 4.49. The normalized spacial score (nSPS) is 21.5. The summed E-state index contributed by atoms with van der Waals surface area (Å²) in [6.07, 6.45) is 3.33. The summed E-state index contributed by atoms with van der Waals surface area (Å²) in [5, 5.41) is 0. The van der Waals surface area contributed by atoms with E-state index < -0.39 is 0 Å². The quantitative estimate of drug-likeness (QED) is 0.718. The summed E-state index contributed by atoms with van der Waals surface area (Å²) in [5.41, 5.74) is 1.36. The molecule has 0 aromatic rings. The van der Waals surface area contributed by atoms with Crippen LogP contribution in [0, 0.1) is 0 Å². The number of carbonyl (C=O) groups excluding carboxylic acids is 1. The van der Waals surface area contributed by atoms with Crippen molar-refractivity contribution in [3.05, 3.63) is 11.6 Å². The van der Waals surface area contributed by atoms with E-state index in [1.807, 2.05) is 9.80 Å². The van der Waals surface area contributed by atoms with Crippen LogP contribution in [-0.4, -0.2) is 79.8 Å². The van der Waals surface area contributed by atoms with Crippen LogP contribution in [0.2, 0.25) is 0 Å². The Balaban J connectivity index is 1.82. The molecule has 0 aromatic heterocycles. The Morgan fingerprint density at radius 2 is 1.70 bits per heavy atom. The number of urea groups is 1. The van der Waals surface area contributed by atoms with E-state index in [0.717, 1.165) is 52.2 Å². The van der Waals surface area contributed by atoms with Crippen molar-refractivity contribution in [3.63, 3.8) is 0 Å². The van der Waals surface area contributed by atoms with Gasteiger partial charge in [-0.25, -0.2) is 4.79 Å². The fourth-order valence-electron chi connectivity index (χ4n) is 2.61. The van der Waals surface area contributed by atoms with E-state index in [1.54, 1.807) is 0 Å². The van der Waals surface area contributed by atoms with Gasteiger partial charge in [0, 0.05) is 45.8 Å². The van der Waals surface area contributed by atoms with Crippen LogP contribution in [0.15, 0.2) is 11.6 Å². The third-order valence-electron chi connectivity index (χ3n) is 3.90. The van der Waals surface area contributed by atoms with Crippen molar-refractivity contribution in [1.82, 2.24) is 14.7 Å². The Morgan fingerprint density at radius 3 is 2.40 bits per heavy atom. The van der Waals surface area contributed by atoms with Gasteiger partial charge in [-0.05, 0) is 20.3 Å². The van der Waals surface area contributed by atoms with Crippen LogP contribution in [0.25, 0.3) is 0 Å². The first-order valence-corrected chi connectivity index (χ1v) is 7.64. The molecule has 2 rings (SSSR count). The van der Waals surface area contributed by atoms with E-state index >= 15 is 0 Å². The second kappa shape index (κ2) is 7.64. The van der Waals surface area contributed by atoms with E-state index in [9.17, 15) is 4.79 Å². The molecule has 0 aliphatic carbocycles. The molecule has 5 heteroatoms. The van der Waals surface area contributed by atoms with Crippen molar-refractivity contribution in [2.24, 2.45) is 0 Å². The van der Waals surface area contributed by atoms with Gasteiger partial charge in [-0.1, -0.05) is 11.6 Å². The van der Waals surface area contributed by atoms with Gasteiger partial charge in [0.25, 0.3) is 0 Å². The molecule has 2 aliphatic heterocycles. The smallest absolute Gasteiger partial charge is 0.320 e. The third-order valence-corrected chi connectivity index (χ3v) is 3.90. The monoisotopic (exact) mass is 281 g/mol. The van der Waals surface area contributed by atoms with Gasteiger partial charge in [-0.3, -0.25) is 4.90 Å². The van der Waals surface area contributed by atoms with E-state index in [1.165, 1.54) is 5.57 Å². The zero-order valence-electron chi connectivity index (χ0n) is 12.8. The minimum atomic E-state index is 0.192. The lowest BCUT2D eigenvalue weighted by Crippen LogP contribution is -2.49. The Morgan fingerprint density at radius 1 is 1.00 bits per heavy atom. The molecule has 0 saturated carbocycles. The topological polar surface area (TPSA) is 36.0 Å². The molecule has 0 unspecified atom stereocenters. The number of hydrogen-bond donors (Lipinski definition) is 0.